The second kappa shape index (κ2) is 5.35. The highest BCUT2D eigenvalue weighted by molar-refractivity contribution is 5.60. The zero-order valence-electron chi connectivity index (χ0n) is 12.3. The molecule has 0 saturated heterocycles. The van der Waals surface area contributed by atoms with Gasteiger partial charge in [-0.1, -0.05) is 13.8 Å². The maximum atomic E-state index is 13.3. The van der Waals surface area contributed by atoms with Gasteiger partial charge in [-0.15, -0.1) is 10.2 Å². The highest BCUT2D eigenvalue weighted by atomic mass is 19.1. The minimum atomic E-state index is -0.303. The average Bonchev–Trinajstić information content (AvgIpc) is 2.86. The minimum absolute atomic E-state index is 0.0215. The molecule has 0 unspecified atom stereocenters. The molecule has 2 aromatic rings. The minimum Gasteiger partial charge on any atom is -0.487 e. The van der Waals surface area contributed by atoms with E-state index in [2.05, 4.69) is 15.1 Å². The molecule has 0 radical (unpaired) electrons. The molecule has 6 heteroatoms. The first-order valence-corrected chi connectivity index (χ1v) is 7.06. The van der Waals surface area contributed by atoms with Crippen LogP contribution < -0.4 is 9.64 Å². The molecule has 3 rings (SSSR count). The van der Waals surface area contributed by atoms with E-state index in [0.717, 1.165) is 5.69 Å². The first-order chi connectivity index (χ1) is 10.0. The summed E-state index contributed by atoms with van der Waals surface area (Å²) < 4.78 is 24.6. The second-order valence-corrected chi connectivity index (χ2v) is 5.61. The number of halogens is 1. The first-order valence-electron chi connectivity index (χ1n) is 7.06. The Bertz CT molecular complexity index is 642. The van der Waals surface area contributed by atoms with Gasteiger partial charge >= 0.3 is 0 Å². The molecule has 1 atom stereocenters. The van der Waals surface area contributed by atoms with Crippen LogP contribution in [0.25, 0.3) is 0 Å². The van der Waals surface area contributed by atoms with Crippen LogP contribution in [0, 0.1) is 5.82 Å². The van der Waals surface area contributed by atoms with Crippen LogP contribution in [0.4, 0.5) is 10.1 Å². The Labute approximate surface area is 122 Å². The summed E-state index contributed by atoms with van der Waals surface area (Å²) in [5.74, 6) is 1.64. The molecule has 1 aliphatic heterocycles. The standard InChI is InChI=1S/C15H18FN3O2/c1-9(2)15-18-17-14(21-15)8-19-7-10(3)20-13-6-11(16)4-5-12(13)19/h4-6,9-10H,7-8H2,1-3H3/t10-/m0/s1. The number of ether oxygens (including phenoxy) is 1. The van der Waals surface area contributed by atoms with E-state index in [4.69, 9.17) is 9.15 Å². The van der Waals surface area contributed by atoms with Gasteiger partial charge in [-0.25, -0.2) is 4.39 Å². The van der Waals surface area contributed by atoms with E-state index in [1.165, 1.54) is 12.1 Å². The van der Waals surface area contributed by atoms with Gasteiger partial charge in [0.15, 0.2) is 0 Å². The molecule has 0 amide bonds. The summed E-state index contributed by atoms with van der Waals surface area (Å²) in [6.45, 7) is 7.15. The third-order valence-corrected chi connectivity index (χ3v) is 3.37. The zero-order chi connectivity index (χ0) is 15.0. The van der Waals surface area contributed by atoms with E-state index < -0.39 is 0 Å². The lowest BCUT2D eigenvalue weighted by Crippen LogP contribution is -2.38. The second-order valence-electron chi connectivity index (χ2n) is 5.61. The van der Waals surface area contributed by atoms with Gasteiger partial charge in [0, 0.05) is 12.0 Å². The number of aromatic nitrogens is 2. The smallest absolute Gasteiger partial charge is 0.235 e. The maximum absolute atomic E-state index is 13.3. The van der Waals surface area contributed by atoms with Gasteiger partial charge in [-0.2, -0.15) is 0 Å². The molecule has 0 saturated carbocycles. The Morgan fingerprint density at radius 2 is 2.19 bits per heavy atom. The molecule has 21 heavy (non-hydrogen) atoms. The van der Waals surface area contributed by atoms with Gasteiger partial charge in [0.1, 0.15) is 17.7 Å². The molecule has 0 fully saturated rings. The van der Waals surface area contributed by atoms with Crippen LogP contribution in [0.2, 0.25) is 0 Å². The van der Waals surface area contributed by atoms with Gasteiger partial charge in [0.2, 0.25) is 11.8 Å². The van der Waals surface area contributed by atoms with Crippen molar-refractivity contribution in [3.05, 3.63) is 35.8 Å². The van der Waals surface area contributed by atoms with Gasteiger partial charge in [-0.05, 0) is 19.1 Å². The summed E-state index contributed by atoms with van der Waals surface area (Å²) in [4.78, 5) is 2.07. The number of nitrogens with zero attached hydrogens (tertiary/aromatic N) is 3. The van der Waals surface area contributed by atoms with Gasteiger partial charge in [0.25, 0.3) is 0 Å². The fourth-order valence-corrected chi connectivity index (χ4v) is 2.38. The maximum Gasteiger partial charge on any atom is 0.235 e. The van der Waals surface area contributed by atoms with Crippen molar-refractivity contribution in [2.24, 2.45) is 0 Å². The normalized spacial score (nSPS) is 17.8. The number of fused-ring (bicyclic) bond motifs is 1. The molecule has 0 N–H and O–H groups in total. The van der Waals surface area contributed by atoms with Gasteiger partial charge in [-0.3, -0.25) is 0 Å². The van der Waals surface area contributed by atoms with Crippen LogP contribution >= 0.6 is 0 Å². The number of rotatable bonds is 3. The van der Waals surface area contributed by atoms with Crippen molar-refractivity contribution >= 4 is 5.69 Å². The van der Waals surface area contributed by atoms with Gasteiger partial charge in [0.05, 0.1) is 18.8 Å². The fraction of sp³-hybridized carbons (Fsp3) is 0.467. The molecule has 5 nitrogen and oxygen atoms in total. The number of hydrogen-bond donors (Lipinski definition) is 0. The highest BCUT2D eigenvalue weighted by Crippen LogP contribution is 2.34. The molecule has 0 spiro atoms. The third kappa shape index (κ3) is 2.84. The Kier molecular flexibility index (Phi) is 3.53. The molecule has 112 valence electrons. The van der Waals surface area contributed by atoms with Crippen LogP contribution in [0.3, 0.4) is 0 Å². The SMILES string of the molecule is CC(C)c1nnc(CN2C[C@H](C)Oc3cc(F)ccc32)o1. The molecule has 1 aliphatic rings. The van der Waals surface area contributed by atoms with Crippen molar-refractivity contribution in [1.82, 2.24) is 10.2 Å². The lowest BCUT2D eigenvalue weighted by molar-refractivity contribution is 0.209. The Hall–Kier alpha value is -2.11. The van der Waals surface area contributed by atoms with Crippen molar-refractivity contribution in [3.63, 3.8) is 0 Å². The average molecular weight is 291 g/mol. The van der Waals surface area contributed by atoms with Crippen LogP contribution in [-0.4, -0.2) is 22.8 Å². The molecular formula is C15H18FN3O2. The largest absolute Gasteiger partial charge is 0.487 e. The van der Waals surface area contributed by atoms with Gasteiger partial charge < -0.3 is 14.1 Å². The summed E-state index contributed by atoms with van der Waals surface area (Å²) in [5, 5.41) is 8.11. The van der Waals surface area contributed by atoms with Crippen LogP contribution in [0.15, 0.2) is 22.6 Å². The van der Waals surface area contributed by atoms with Crippen molar-refractivity contribution < 1.29 is 13.5 Å². The Morgan fingerprint density at radius 1 is 1.38 bits per heavy atom. The molecule has 1 aromatic heterocycles. The van der Waals surface area contributed by atoms with E-state index in [0.29, 0.717) is 30.6 Å². The topological polar surface area (TPSA) is 51.4 Å². The summed E-state index contributed by atoms with van der Waals surface area (Å²) in [6.07, 6.45) is -0.0215. The number of anilines is 1. The molecule has 0 bridgehead atoms. The van der Waals surface area contributed by atoms with Crippen molar-refractivity contribution in [2.75, 3.05) is 11.4 Å². The third-order valence-electron chi connectivity index (χ3n) is 3.37. The van der Waals surface area contributed by atoms with Crippen molar-refractivity contribution in [1.29, 1.82) is 0 Å². The van der Waals surface area contributed by atoms with E-state index in [1.807, 2.05) is 20.8 Å². The number of benzene rings is 1. The predicted molar refractivity (Wildman–Crippen MR) is 75.9 cm³/mol. The molecule has 2 heterocycles. The van der Waals surface area contributed by atoms with Crippen LogP contribution in [0.5, 0.6) is 5.75 Å². The molecule has 1 aromatic carbocycles. The van der Waals surface area contributed by atoms with Crippen molar-refractivity contribution in [2.45, 2.75) is 39.3 Å². The quantitative estimate of drug-likeness (QED) is 0.869. The first kappa shape index (κ1) is 13.9. The lowest BCUT2D eigenvalue weighted by atomic mass is 10.2. The summed E-state index contributed by atoms with van der Waals surface area (Å²) in [7, 11) is 0. The summed E-state index contributed by atoms with van der Waals surface area (Å²) in [5.41, 5.74) is 0.846. The summed E-state index contributed by atoms with van der Waals surface area (Å²) >= 11 is 0. The Balaban J connectivity index is 1.85. The van der Waals surface area contributed by atoms with Crippen LogP contribution in [0.1, 0.15) is 38.5 Å². The zero-order valence-corrected chi connectivity index (χ0v) is 12.3. The number of hydrogen-bond acceptors (Lipinski definition) is 5. The highest BCUT2D eigenvalue weighted by Gasteiger charge is 2.25. The Morgan fingerprint density at radius 3 is 2.90 bits per heavy atom. The van der Waals surface area contributed by atoms with E-state index in [1.54, 1.807) is 6.07 Å². The van der Waals surface area contributed by atoms with E-state index in [9.17, 15) is 4.39 Å². The fourth-order valence-electron chi connectivity index (χ4n) is 2.38. The van der Waals surface area contributed by atoms with E-state index >= 15 is 0 Å². The van der Waals surface area contributed by atoms with Crippen molar-refractivity contribution in [3.8, 4) is 5.75 Å². The van der Waals surface area contributed by atoms with E-state index in [-0.39, 0.29) is 17.8 Å². The predicted octanol–water partition coefficient (Wildman–Crippen LogP) is 3.12. The monoisotopic (exact) mass is 291 g/mol. The molecular weight excluding hydrogens is 273 g/mol. The lowest BCUT2D eigenvalue weighted by Gasteiger charge is -2.34. The summed E-state index contributed by atoms with van der Waals surface area (Å²) in [6, 6.07) is 4.56. The van der Waals surface area contributed by atoms with Crippen LogP contribution in [-0.2, 0) is 6.54 Å². The molecule has 0 aliphatic carbocycles.